The number of para-hydroxylation sites is 3. The maximum atomic E-state index is 12.7. The van der Waals surface area contributed by atoms with Gasteiger partial charge in [0, 0.05) is 5.69 Å². The van der Waals surface area contributed by atoms with E-state index in [2.05, 4.69) is 20.3 Å². The van der Waals surface area contributed by atoms with Gasteiger partial charge in [-0.1, -0.05) is 53.7 Å². The monoisotopic (exact) mass is 496 g/mol. The fraction of sp³-hybridized carbons (Fsp3) is 0.160. The van der Waals surface area contributed by atoms with Gasteiger partial charge in [-0.2, -0.15) is 8.78 Å². The van der Waals surface area contributed by atoms with Gasteiger partial charge in [-0.15, -0.1) is 10.2 Å². The van der Waals surface area contributed by atoms with E-state index < -0.39 is 12.5 Å². The number of aryl methyl sites for hydroxylation is 1. The minimum absolute atomic E-state index is 0.0288. The molecule has 0 radical (unpaired) electrons. The summed E-state index contributed by atoms with van der Waals surface area (Å²) >= 11 is 1.17. The second kappa shape index (κ2) is 11.0. The molecule has 35 heavy (non-hydrogen) atoms. The van der Waals surface area contributed by atoms with E-state index in [4.69, 9.17) is 4.74 Å². The van der Waals surface area contributed by atoms with Crippen LogP contribution in [0.5, 0.6) is 11.5 Å². The highest BCUT2D eigenvalue weighted by Crippen LogP contribution is 2.33. The van der Waals surface area contributed by atoms with Crippen LogP contribution < -0.4 is 14.8 Å². The van der Waals surface area contributed by atoms with Crippen LogP contribution in [0, 0.1) is 6.92 Å². The topological polar surface area (TPSA) is 78.3 Å². The Morgan fingerprint density at radius 2 is 1.69 bits per heavy atom. The zero-order valence-electron chi connectivity index (χ0n) is 18.9. The Bertz CT molecular complexity index is 1310. The Morgan fingerprint density at radius 3 is 2.40 bits per heavy atom. The first-order valence-corrected chi connectivity index (χ1v) is 11.6. The predicted molar refractivity (Wildman–Crippen MR) is 131 cm³/mol. The molecule has 0 atom stereocenters. The quantitative estimate of drug-likeness (QED) is 0.305. The molecular formula is C25H22F2N4O3S. The van der Waals surface area contributed by atoms with Crippen LogP contribution in [-0.2, 0) is 4.79 Å². The van der Waals surface area contributed by atoms with Gasteiger partial charge in [-0.3, -0.25) is 9.36 Å². The van der Waals surface area contributed by atoms with Gasteiger partial charge in [-0.25, -0.2) is 0 Å². The van der Waals surface area contributed by atoms with Crippen molar-refractivity contribution in [1.82, 2.24) is 14.8 Å². The average molecular weight is 497 g/mol. The number of nitrogens with zero attached hydrogens (tertiary/aromatic N) is 3. The van der Waals surface area contributed by atoms with Crippen LogP contribution in [-0.4, -0.2) is 40.1 Å². The van der Waals surface area contributed by atoms with Crippen LogP contribution >= 0.6 is 11.8 Å². The Balaban J connectivity index is 1.60. The molecule has 180 valence electrons. The fourth-order valence-corrected chi connectivity index (χ4v) is 4.13. The second-order valence-electron chi connectivity index (χ2n) is 7.39. The predicted octanol–water partition coefficient (Wildman–Crippen LogP) is 5.58. The lowest BCUT2D eigenvalue weighted by Crippen LogP contribution is -2.16. The van der Waals surface area contributed by atoms with Crippen molar-refractivity contribution in [2.75, 3.05) is 18.2 Å². The number of alkyl halides is 2. The highest BCUT2D eigenvalue weighted by Gasteiger charge is 2.20. The van der Waals surface area contributed by atoms with E-state index in [1.54, 1.807) is 19.2 Å². The minimum Gasteiger partial charge on any atom is -0.496 e. The number of aromatic nitrogens is 3. The van der Waals surface area contributed by atoms with Crippen molar-refractivity contribution in [3.63, 3.8) is 0 Å². The largest absolute Gasteiger partial charge is 0.496 e. The van der Waals surface area contributed by atoms with Gasteiger partial charge in [0.25, 0.3) is 0 Å². The third-order valence-electron chi connectivity index (χ3n) is 4.98. The summed E-state index contributed by atoms with van der Waals surface area (Å²) in [4.78, 5) is 12.6. The molecule has 1 amide bonds. The summed E-state index contributed by atoms with van der Waals surface area (Å²) in [5.74, 6) is 0.654. The molecule has 0 aliphatic heterocycles. The molecule has 7 nitrogen and oxygen atoms in total. The summed E-state index contributed by atoms with van der Waals surface area (Å²) in [6.45, 7) is -1.00. The lowest BCUT2D eigenvalue weighted by molar-refractivity contribution is -0.113. The van der Waals surface area contributed by atoms with E-state index in [0.717, 1.165) is 16.8 Å². The van der Waals surface area contributed by atoms with Crippen molar-refractivity contribution in [2.24, 2.45) is 0 Å². The number of thioether (sulfide) groups is 1. The Kier molecular flexibility index (Phi) is 7.61. The Morgan fingerprint density at radius 1 is 1.00 bits per heavy atom. The standard InChI is InChI=1S/C25H22F2N4O3S/c1-16-11-13-17(14-12-16)31-23(18-7-3-5-9-20(18)33-2)29-30-25(31)35-15-22(32)28-19-8-4-6-10-21(19)34-24(26)27/h3-14,24H,15H2,1-2H3,(H,28,32). The number of ether oxygens (including phenoxy) is 2. The van der Waals surface area contributed by atoms with Crippen molar-refractivity contribution in [3.8, 4) is 28.6 Å². The van der Waals surface area contributed by atoms with E-state index >= 15 is 0 Å². The summed E-state index contributed by atoms with van der Waals surface area (Å²) in [7, 11) is 1.58. The van der Waals surface area contributed by atoms with E-state index in [0.29, 0.717) is 16.7 Å². The van der Waals surface area contributed by atoms with Crippen LogP contribution in [0.15, 0.2) is 78.0 Å². The maximum absolute atomic E-state index is 12.7. The summed E-state index contributed by atoms with van der Waals surface area (Å²) in [5.41, 5.74) is 2.82. The molecule has 0 aliphatic carbocycles. The summed E-state index contributed by atoms with van der Waals surface area (Å²) < 4.78 is 37.2. The zero-order chi connectivity index (χ0) is 24.8. The molecule has 4 rings (SSSR count). The Labute approximate surface area is 205 Å². The maximum Gasteiger partial charge on any atom is 0.387 e. The lowest BCUT2D eigenvalue weighted by Gasteiger charge is -2.13. The van der Waals surface area contributed by atoms with E-state index in [-0.39, 0.29) is 17.2 Å². The van der Waals surface area contributed by atoms with Crippen LogP contribution in [0.25, 0.3) is 17.1 Å². The highest BCUT2D eigenvalue weighted by molar-refractivity contribution is 7.99. The number of hydrogen-bond donors (Lipinski definition) is 1. The third-order valence-corrected chi connectivity index (χ3v) is 5.91. The second-order valence-corrected chi connectivity index (χ2v) is 8.33. The molecule has 1 heterocycles. The molecule has 0 bridgehead atoms. The van der Waals surface area contributed by atoms with Crippen LogP contribution in [0.2, 0.25) is 0 Å². The van der Waals surface area contributed by atoms with E-state index in [9.17, 15) is 13.6 Å². The molecule has 0 aliphatic rings. The molecule has 10 heteroatoms. The smallest absolute Gasteiger partial charge is 0.387 e. The molecule has 0 fully saturated rings. The SMILES string of the molecule is COc1ccccc1-c1nnc(SCC(=O)Nc2ccccc2OC(F)F)n1-c1ccc(C)cc1. The van der Waals surface area contributed by atoms with Crippen molar-refractivity contribution >= 4 is 23.4 Å². The number of rotatable bonds is 9. The van der Waals surface area contributed by atoms with Gasteiger partial charge in [0.05, 0.1) is 24.1 Å². The minimum atomic E-state index is -3.00. The number of hydrogen-bond acceptors (Lipinski definition) is 6. The number of carbonyl (C=O) groups is 1. The van der Waals surface area contributed by atoms with Gasteiger partial charge < -0.3 is 14.8 Å². The number of amides is 1. The molecule has 4 aromatic rings. The first-order chi connectivity index (χ1) is 17.0. The molecule has 3 aromatic carbocycles. The van der Waals surface area contributed by atoms with Crippen molar-refractivity contribution in [3.05, 3.63) is 78.4 Å². The highest BCUT2D eigenvalue weighted by atomic mass is 32.2. The van der Waals surface area contributed by atoms with Gasteiger partial charge in [0.15, 0.2) is 11.0 Å². The first-order valence-electron chi connectivity index (χ1n) is 10.6. The number of methoxy groups -OCH3 is 1. The van der Waals surface area contributed by atoms with Crippen molar-refractivity contribution in [1.29, 1.82) is 0 Å². The molecule has 1 aromatic heterocycles. The summed E-state index contributed by atoms with van der Waals surface area (Å²) in [6.07, 6.45) is 0. The molecule has 0 saturated heterocycles. The number of carbonyl (C=O) groups excluding carboxylic acids is 1. The number of benzene rings is 3. The third kappa shape index (κ3) is 5.78. The fourth-order valence-electron chi connectivity index (χ4n) is 3.38. The van der Waals surface area contributed by atoms with Crippen molar-refractivity contribution < 1.29 is 23.0 Å². The number of nitrogens with one attached hydrogen (secondary N) is 1. The summed E-state index contributed by atoms with van der Waals surface area (Å²) in [5, 5.41) is 11.8. The lowest BCUT2D eigenvalue weighted by atomic mass is 10.1. The number of halogens is 2. The number of anilines is 1. The molecular weight excluding hydrogens is 474 g/mol. The van der Waals surface area contributed by atoms with Crippen molar-refractivity contribution in [2.45, 2.75) is 18.7 Å². The molecule has 0 saturated carbocycles. The van der Waals surface area contributed by atoms with Crippen LogP contribution in [0.4, 0.5) is 14.5 Å². The zero-order valence-corrected chi connectivity index (χ0v) is 19.8. The van der Waals surface area contributed by atoms with Gasteiger partial charge >= 0.3 is 6.61 Å². The molecule has 0 unspecified atom stereocenters. The van der Waals surface area contributed by atoms with Gasteiger partial charge in [-0.05, 0) is 43.3 Å². The van der Waals surface area contributed by atoms with E-state index in [1.165, 1.54) is 23.9 Å². The average Bonchev–Trinajstić information content (AvgIpc) is 3.28. The summed E-state index contributed by atoms with van der Waals surface area (Å²) in [6, 6.07) is 21.3. The normalized spacial score (nSPS) is 10.9. The van der Waals surface area contributed by atoms with E-state index in [1.807, 2.05) is 60.0 Å². The molecule has 1 N–H and O–H groups in total. The Hall–Kier alpha value is -3.92. The van der Waals surface area contributed by atoms with Crippen LogP contribution in [0.3, 0.4) is 0 Å². The van der Waals surface area contributed by atoms with Gasteiger partial charge in [0.1, 0.15) is 11.5 Å². The first kappa shape index (κ1) is 24.2. The van der Waals surface area contributed by atoms with Crippen LogP contribution in [0.1, 0.15) is 5.56 Å². The van der Waals surface area contributed by atoms with Gasteiger partial charge in [0.2, 0.25) is 5.91 Å². The molecule has 0 spiro atoms.